The van der Waals surface area contributed by atoms with Crippen molar-refractivity contribution in [3.8, 4) is 11.5 Å². The third kappa shape index (κ3) is 2.69. The van der Waals surface area contributed by atoms with E-state index in [1.54, 1.807) is 11.3 Å². The minimum atomic E-state index is 0.599. The minimum absolute atomic E-state index is 0.599. The fourth-order valence-electron chi connectivity index (χ4n) is 1.87. The molecule has 4 nitrogen and oxygen atoms in total. The van der Waals surface area contributed by atoms with Gasteiger partial charge in [0.1, 0.15) is 13.2 Å². The number of hydrogen-bond donors (Lipinski definition) is 1. The van der Waals surface area contributed by atoms with E-state index in [0.717, 1.165) is 33.9 Å². The number of rotatable bonds is 3. The maximum Gasteiger partial charge on any atom is 0.163 e. The van der Waals surface area contributed by atoms with Crippen LogP contribution >= 0.6 is 27.3 Å². The summed E-state index contributed by atoms with van der Waals surface area (Å²) >= 11 is 5.21. The Kier molecular flexibility index (Phi) is 3.61. The summed E-state index contributed by atoms with van der Waals surface area (Å²) in [5, 5.41) is 3.39. The summed E-state index contributed by atoms with van der Waals surface area (Å²) in [7, 11) is 0. The molecule has 1 aromatic heterocycles. The molecular formula is C13H13BrN2O2S. The molecule has 19 heavy (non-hydrogen) atoms. The molecule has 1 aliphatic rings. The molecule has 0 saturated heterocycles. The molecule has 0 radical (unpaired) electrons. The zero-order chi connectivity index (χ0) is 13.2. The summed E-state index contributed by atoms with van der Waals surface area (Å²) < 4.78 is 12.1. The Morgan fingerprint density at radius 3 is 2.74 bits per heavy atom. The van der Waals surface area contributed by atoms with Crippen molar-refractivity contribution in [3.63, 3.8) is 0 Å². The number of benzene rings is 1. The van der Waals surface area contributed by atoms with Gasteiger partial charge in [0.05, 0.1) is 23.4 Å². The molecule has 3 rings (SSSR count). The summed E-state index contributed by atoms with van der Waals surface area (Å²) in [5.74, 6) is 1.58. The van der Waals surface area contributed by atoms with E-state index in [1.165, 1.54) is 4.88 Å². The van der Waals surface area contributed by atoms with E-state index in [9.17, 15) is 0 Å². The SMILES string of the molecule is Cc1ncsc1CNc1cc2c(cc1Br)OCCO2. The second-order valence-electron chi connectivity index (χ2n) is 4.19. The number of aromatic nitrogens is 1. The largest absolute Gasteiger partial charge is 0.486 e. The van der Waals surface area contributed by atoms with Crippen LogP contribution in [0.2, 0.25) is 0 Å². The Morgan fingerprint density at radius 1 is 1.32 bits per heavy atom. The molecule has 0 aliphatic carbocycles. The van der Waals surface area contributed by atoms with Crippen LogP contribution in [0.1, 0.15) is 10.6 Å². The first-order chi connectivity index (χ1) is 9.24. The molecule has 1 aliphatic heterocycles. The maximum atomic E-state index is 5.58. The third-order valence-electron chi connectivity index (χ3n) is 2.92. The Hall–Kier alpha value is -1.27. The van der Waals surface area contributed by atoms with E-state index in [1.807, 2.05) is 24.6 Å². The lowest BCUT2D eigenvalue weighted by Gasteiger charge is -2.20. The molecule has 1 aromatic carbocycles. The van der Waals surface area contributed by atoms with Gasteiger partial charge in [0.2, 0.25) is 0 Å². The van der Waals surface area contributed by atoms with E-state index in [0.29, 0.717) is 13.2 Å². The van der Waals surface area contributed by atoms with Gasteiger partial charge in [0.25, 0.3) is 0 Å². The first kappa shape index (κ1) is 12.7. The summed E-state index contributed by atoms with van der Waals surface area (Å²) in [6, 6.07) is 3.91. The van der Waals surface area contributed by atoms with Crippen LogP contribution in [0.25, 0.3) is 0 Å². The Labute approximate surface area is 123 Å². The smallest absolute Gasteiger partial charge is 0.163 e. The average Bonchev–Trinajstić information content (AvgIpc) is 2.82. The highest BCUT2D eigenvalue weighted by Crippen LogP contribution is 2.38. The highest BCUT2D eigenvalue weighted by atomic mass is 79.9. The average molecular weight is 341 g/mol. The Bertz CT molecular complexity index is 600. The van der Waals surface area contributed by atoms with Crippen LogP contribution in [0.4, 0.5) is 5.69 Å². The number of fused-ring (bicyclic) bond motifs is 1. The van der Waals surface area contributed by atoms with Gasteiger partial charge in [-0.3, -0.25) is 0 Å². The molecule has 6 heteroatoms. The summed E-state index contributed by atoms with van der Waals surface area (Å²) in [4.78, 5) is 5.48. The molecule has 0 spiro atoms. The Morgan fingerprint density at radius 2 is 2.05 bits per heavy atom. The van der Waals surface area contributed by atoms with Crippen molar-refractivity contribution in [3.05, 3.63) is 32.7 Å². The van der Waals surface area contributed by atoms with Gasteiger partial charge in [-0.1, -0.05) is 0 Å². The number of aryl methyl sites for hydroxylation is 1. The molecule has 0 fully saturated rings. The second-order valence-corrected chi connectivity index (χ2v) is 5.98. The minimum Gasteiger partial charge on any atom is -0.486 e. The predicted molar refractivity (Wildman–Crippen MR) is 79.3 cm³/mol. The molecule has 2 aromatic rings. The number of anilines is 1. The number of hydrogen-bond acceptors (Lipinski definition) is 5. The zero-order valence-electron chi connectivity index (χ0n) is 10.4. The standard InChI is InChI=1S/C13H13BrN2O2S/c1-8-13(19-7-16-8)6-15-10-5-12-11(4-9(10)14)17-2-3-18-12/h4-5,7,15H,2-3,6H2,1H3. The quantitative estimate of drug-likeness (QED) is 0.926. The van der Waals surface area contributed by atoms with Crippen molar-refractivity contribution >= 4 is 33.0 Å². The normalized spacial score (nSPS) is 13.4. The van der Waals surface area contributed by atoms with Gasteiger partial charge < -0.3 is 14.8 Å². The van der Waals surface area contributed by atoms with Crippen LogP contribution in [0, 0.1) is 6.92 Å². The fraction of sp³-hybridized carbons (Fsp3) is 0.308. The zero-order valence-corrected chi connectivity index (χ0v) is 12.8. The van der Waals surface area contributed by atoms with E-state index >= 15 is 0 Å². The maximum absolute atomic E-state index is 5.58. The van der Waals surface area contributed by atoms with Gasteiger partial charge in [-0.15, -0.1) is 11.3 Å². The lowest BCUT2D eigenvalue weighted by molar-refractivity contribution is 0.171. The molecule has 0 unspecified atom stereocenters. The van der Waals surface area contributed by atoms with Gasteiger partial charge in [-0.25, -0.2) is 4.98 Å². The van der Waals surface area contributed by atoms with Crippen molar-refractivity contribution in [2.75, 3.05) is 18.5 Å². The van der Waals surface area contributed by atoms with Crippen molar-refractivity contribution in [1.29, 1.82) is 0 Å². The third-order valence-corrected chi connectivity index (χ3v) is 4.51. The van der Waals surface area contributed by atoms with Gasteiger partial charge in [-0.2, -0.15) is 0 Å². The van der Waals surface area contributed by atoms with Crippen LogP contribution < -0.4 is 14.8 Å². The second kappa shape index (κ2) is 5.38. The van der Waals surface area contributed by atoms with E-state index in [-0.39, 0.29) is 0 Å². The molecule has 0 amide bonds. The number of nitrogens with zero attached hydrogens (tertiary/aromatic N) is 1. The number of nitrogens with one attached hydrogen (secondary N) is 1. The van der Waals surface area contributed by atoms with Gasteiger partial charge in [0.15, 0.2) is 11.5 Å². The summed E-state index contributed by atoms with van der Waals surface area (Å²) in [6.07, 6.45) is 0. The Balaban J connectivity index is 1.79. The highest BCUT2D eigenvalue weighted by molar-refractivity contribution is 9.10. The molecular weight excluding hydrogens is 328 g/mol. The fourth-order valence-corrected chi connectivity index (χ4v) is 3.05. The van der Waals surface area contributed by atoms with Crippen LogP contribution in [-0.4, -0.2) is 18.2 Å². The molecule has 0 bridgehead atoms. The van der Waals surface area contributed by atoms with Crippen molar-refractivity contribution in [2.24, 2.45) is 0 Å². The molecule has 100 valence electrons. The monoisotopic (exact) mass is 340 g/mol. The van der Waals surface area contributed by atoms with Gasteiger partial charge in [-0.05, 0) is 22.9 Å². The van der Waals surface area contributed by atoms with E-state index < -0.39 is 0 Å². The number of thiazole rings is 1. The highest BCUT2D eigenvalue weighted by Gasteiger charge is 2.15. The topological polar surface area (TPSA) is 43.4 Å². The first-order valence-electron chi connectivity index (χ1n) is 5.96. The van der Waals surface area contributed by atoms with Crippen LogP contribution in [0.3, 0.4) is 0 Å². The van der Waals surface area contributed by atoms with Crippen LogP contribution in [0.5, 0.6) is 11.5 Å². The van der Waals surface area contributed by atoms with Gasteiger partial charge in [0, 0.05) is 21.5 Å². The lowest BCUT2D eigenvalue weighted by Crippen LogP contribution is -2.15. The summed E-state index contributed by atoms with van der Waals surface area (Å²) in [6.45, 7) is 3.98. The van der Waals surface area contributed by atoms with Crippen molar-refractivity contribution < 1.29 is 9.47 Å². The van der Waals surface area contributed by atoms with Crippen LogP contribution in [0.15, 0.2) is 22.1 Å². The van der Waals surface area contributed by atoms with Crippen molar-refractivity contribution in [1.82, 2.24) is 4.98 Å². The van der Waals surface area contributed by atoms with E-state index in [4.69, 9.17) is 9.47 Å². The van der Waals surface area contributed by atoms with Crippen molar-refractivity contribution in [2.45, 2.75) is 13.5 Å². The molecule has 1 N–H and O–H groups in total. The van der Waals surface area contributed by atoms with E-state index in [2.05, 4.69) is 26.2 Å². The van der Waals surface area contributed by atoms with Crippen LogP contribution in [-0.2, 0) is 6.54 Å². The molecule has 0 saturated carbocycles. The number of ether oxygens (including phenoxy) is 2. The lowest BCUT2D eigenvalue weighted by atomic mass is 10.2. The summed E-state index contributed by atoms with van der Waals surface area (Å²) in [5.41, 5.74) is 3.94. The molecule has 0 atom stereocenters. The van der Waals surface area contributed by atoms with Gasteiger partial charge >= 0.3 is 0 Å². The molecule has 2 heterocycles. The first-order valence-corrected chi connectivity index (χ1v) is 7.63. The predicted octanol–water partition coefficient (Wildman–Crippen LogP) is 3.60. The number of halogens is 1.